The highest BCUT2D eigenvalue weighted by Crippen LogP contribution is 2.31. The molecule has 2 aliphatic heterocycles. The summed E-state index contributed by atoms with van der Waals surface area (Å²) in [7, 11) is 0. The summed E-state index contributed by atoms with van der Waals surface area (Å²) in [5.74, 6) is -1.45. The number of amides is 4. The molecule has 0 fully saturated rings. The molecule has 0 aromatic heterocycles. The van der Waals surface area contributed by atoms with Gasteiger partial charge in [0.05, 0.1) is 17.8 Å². The Hall–Kier alpha value is -4.28. The fraction of sp³-hybridized carbons (Fsp3) is 0.200. The lowest BCUT2D eigenvalue weighted by Crippen LogP contribution is -2.35. The fourth-order valence-corrected chi connectivity index (χ4v) is 3.46. The molecule has 2 aliphatic rings. The third kappa shape index (κ3) is 4.66. The molecule has 4 rings (SSSR count). The third-order valence-electron chi connectivity index (χ3n) is 4.76. The van der Waals surface area contributed by atoms with E-state index in [0.29, 0.717) is 17.7 Å². The molecule has 11 heteroatoms. The van der Waals surface area contributed by atoms with Gasteiger partial charge < -0.3 is 21.3 Å². The highest BCUT2D eigenvalue weighted by Gasteiger charge is 2.30. The van der Waals surface area contributed by atoms with Crippen LogP contribution in [-0.2, 0) is 32.0 Å². The largest absolute Gasteiger partial charge is 0.368 e. The summed E-state index contributed by atoms with van der Waals surface area (Å²) in [5.41, 5.74) is 12.8. The first-order chi connectivity index (χ1) is 14.7. The summed E-state index contributed by atoms with van der Waals surface area (Å²) in [6.45, 7) is -0.237. The van der Waals surface area contributed by atoms with Crippen LogP contribution in [-0.4, -0.2) is 41.6 Å². The van der Waals surface area contributed by atoms with Gasteiger partial charge in [-0.2, -0.15) is 0 Å². The number of rotatable bonds is 5. The van der Waals surface area contributed by atoms with Crippen molar-refractivity contribution in [2.24, 2.45) is 11.5 Å². The van der Waals surface area contributed by atoms with Crippen LogP contribution in [0.25, 0.3) is 0 Å². The van der Waals surface area contributed by atoms with Gasteiger partial charge in [-0.1, -0.05) is 18.2 Å². The first kappa shape index (κ1) is 21.4. The van der Waals surface area contributed by atoms with Crippen molar-refractivity contribution in [2.45, 2.75) is 12.8 Å². The number of primary amides is 2. The summed E-state index contributed by atoms with van der Waals surface area (Å²) in [6, 6.07) is 11.5. The van der Waals surface area contributed by atoms with E-state index in [1.54, 1.807) is 0 Å². The molecule has 0 spiro atoms. The maximum absolute atomic E-state index is 11.6. The minimum Gasteiger partial charge on any atom is -0.368 e. The van der Waals surface area contributed by atoms with Crippen LogP contribution in [0.5, 0.6) is 0 Å². The second-order valence-electron chi connectivity index (χ2n) is 6.94. The van der Waals surface area contributed by atoms with E-state index in [0.717, 1.165) is 11.3 Å². The molecule has 160 valence electrons. The third-order valence-corrected chi connectivity index (χ3v) is 4.76. The quantitative estimate of drug-likeness (QED) is 0.505. The second-order valence-corrected chi connectivity index (χ2v) is 6.94. The number of hydrogen-bond donors (Lipinski definition) is 2. The molecule has 2 aromatic rings. The highest BCUT2D eigenvalue weighted by atomic mass is 16.6. The number of nitro benzene ring substituents is 1. The van der Waals surface area contributed by atoms with Gasteiger partial charge in [-0.25, -0.2) is 0 Å². The smallest absolute Gasteiger partial charge is 0.269 e. The predicted octanol–water partition coefficient (Wildman–Crippen LogP) is 0.0302. The number of nitrogens with zero attached hydrogens (tertiary/aromatic N) is 3. The molecule has 4 amide bonds. The molecular weight excluding hydrogens is 406 g/mol. The van der Waals surface area contributed by atoms with Gasteiger partial charge in [0.1, 0.15) is 13.1 Å². The minimum atomic E-state index is -0.621. The predicted molar refractivity (Wildman–Crippen MR) is 110 cm³/mol. The average Bonchev–Trinajstić information content (AvgIpc) is 3.17. The van der Waals surface area contributed by atoms with Crippen molar-refractivity contribution in [3.8, 4) is 0 Å². The van der Waals surface area contributed by atoms with Crippen LogP contribution >= 0.6 is 0 Å². The first-order valence-corrected chi connectivity index (χ1v) is 9.20. The maximum atomic E-state index is 11.6. The molecule has 4 N–H and O–H groups in total. The fourth-order valence-electron chi connectivity index (χ4n) is 3.46. The van der Waals surface area contributed by atoms with Crippen LogP contribution in [0.4, 0.5) is 17.1 Å². The van der Waals surface area contributed by atoms with E-state index >= 15 is 0 Å². The van der Waals surface area contributed by atoms with E-state index in [-0.39, 0.29) is 37.0 Å². The number of carbonyl (C=O) groups excluding carboxylic acids is 4. The molecule has 11 nitrogen and oxygen atoms in total. The van der Waals surface area contributed by atoms with Crippen LogP contribution in [0.2, 0.25) is 0 Å². The number of anilines is 2. The Balaban J connectivity index is 0.000000179. The highest BCUT2D eigenvalue weighted by molar-refractivity contribution is 6.05. The van der Waals surface area contributed by atoms with Gasteiger partial charge in [-0.15, -0.1) is 0 Å². The lowest BCUT2D eigenvalue weighted by atomic mass is 10.1. The van der Waals surface area contributed by atoms with Crippen LogP contribution in [0.15, 0.2) is 42.5 Å². The molecule has 0 aliphatic carbocycles. The molecule has 0 unspecified atom stereocenters. The molecule has 0 radical (unpaired) electrons. The van der Waals surface area contributed by atoms with Crippen molar-refractivity contribution in [1.29, 1.82) is 0 Å². The summed E-state index contributed by atoms with van der Waals surface area (Å²) in [5, 5.41) is 10.6. The van der Waals surface area contributed by atoms with Gasteiger partial charge in [0.2, 0.25) is 23.6 Å². The Morgan fingerprint density at radius 3 is 1.94 bits per heavy atom. The van der Waals surface area contributed by atoms with Crippen molar-refractivity contribution in [1.82, 2.24) is 0 Å². The monoisotopic (exact) mass is 425 g/mol. The van der Waals surface area contributed by atoms with Crippen LogP contribution in [0, 0.1) is 10.1 Å². The number of para-hydroxylation sites is 1. The van der Waals surface area contributed by atoms with Crippen LogP contribution in [0.1, 0.15) is 11.1 Å². The Morgan fingerprint density at radius 1 is 0.871 bits per heavy atom. The van der Waals surface area contributed by atoms with Gasteiger partial charge in [0.25, 0.3) is 5.69 Å². The number of carbonyl (C=O) groups is 4. The van der Waals surface area contributed by atoms with E-state index in [4.69, 9.17) is 11.5 Å². The topological polar surface area (TPSA) is 170 Å². The van der Waals surface area contributed by atoms with Crippen LogP contribution in [0.3, 0.4) is 0 Å². The second kappa shape index (κ2) is 8.61. The van der Waals surface area contributed by atoms with Crippen molar-refractivity contribution < 1.29 is 24.1 Å². The number of nitrogens with two attached hydrogens (primary N) is 2. The van der Waals surface area contributed by atoms with Crippen molar-refractivity contribution >= 4 is 40.7 Å². The zero-order valence-electron chi connectivity index (χ0n) is 16.3. The standard InChI is InChI=1S/C10H9N3O4.C10H10N2O2/c11-9(14)5-12-8-2-1-7(13(16)17)3-6(8)4-10(12)15;11-9(13)6-12-8-4-2-1-3-7(8)5-10(12)14/h1-3H,4-5H2,(H2,11,14);1-4H,5-6H2,(H2,11,13). The lowest BCUT2D eigenvalue weighted by molar-refractivity contribution is -0.384. The summed E-state index contributed by atoms with van der Waals surface area (Å²) in [6.07, 6.45) is 0.424. The maximum Gasteiger partial charge on any atom is 0.269 e. The Kier molecular flexibility index (Phi) is 5.95. The van der Waals surface area contributed by atoms with E-state index in [1.807, 2.05) is 24.3 Å². The number of non-ortho nitro benzene ring substituents is 1. The Labute approximate surface area is 176 Å². The molecule has 2 aromatic carbocycles. The molecule has 0 saturated carbocycles. The van der Waals surface area contributed by atoms with Gasteiger partial charge >= 0.3 is 0 Å². The molecule has 31 heavy (non-hydrogen) atoms. The van der Waals surface area contributed by atoms with Crippen molar-refractivity contribution in [3.63, 3.8) is 0 Å². The normalized spacial score (nSPS) is 13.9. The van der Waals surface area contributed by atoms with Crippen molar-refractivity contribution in [3.05, 3.63) is 63.7 Å². The Morgan fingerprint density at radius 2 is 1.39 bits per heavy atom. The molecule has 0 atom stereocenters. The molecule has 0 bridgehead atoms. The Bertz CT molecular complexity index is 1100. The van der Waals surface area contributed by atoms with Gasteiger partial charge in [0.15, 0.2) is 0 Å². The average molecular weight is 425 g/mol. The summed E-state index contributed by atoms with van der Waals surface area (Å²) >= 11 is 0. The van der Waals surface area contributed by atoms with E-state index < -0.39 is 16.7 Å². The van der Waals surface area contributed by atoms with Gasteiger partial charge in [0, 0.05) is 23.5 Å². The van der Waals surface area contributed by atoms with Gasteiger partial charge in [-0.05, 0) is 23.3 Å². The number of nitro groups is 1. The van der Waals surface area contributed by atoms with Crippen LogP contribution < -0.4 is 21.3 Å². The molecule has 0 saturated heterocycles. The summed E-state index contributed by atoms with van der Waals surface area (Å²) < 4.78 is 0. The van der Waals surface area contributed by atoms with E-state index in [1.165, 1.54) is 28.0 Å². The molecular formula is C20H19N5O6. The zero-order valence-corrected chi connectivity index (χ0v) is 16.3. The van der Waals surface area contributed by atoms with Crippen molar-refractivity contribution in [2.75, 3.05) is 22.9 Å². The number of benzene rings is 2. The van der Waals surface area contributed by atoms with Gasteiger partial charge in [-0.3, -0.25) is 29.3 Å². The number of hydrogen-bond acceptors (Lipinski definition) is 6. The van der Waals surface area contributed by atoms with E-state index in [9.17, 15) is 29.3 Å². The van der Waals surface area contributed by atoms with E-state index in [2.05, 4.69) is 0 Å². The zero-order chi connectivity index (χ0) is 22.7. The first-order valence-electron chi connectivity index (χ1n) is 9.20. The SMILES string of the molecule is NC(=O)CN1C(=O)Cc2cc([N+](=O)[O-])ccc21.NC(=O)CN1C(=O)Cc2ccccc21. The lowest BCUT2D eigenvalue weighted by Gasteiger charge is -2.14. The minimum absolute atomic E-state index is 0.0319. The number of fused-ring (bicyclic) bond motifs is 2. The summed E-state index contributed by atoms with van der Waals surface area (Å²) in [4.78, 5) is 57.3. The molecule has 2 heterocycles.